The quantitative estimate of drug-likeness (QED) is 0.522. The van der Waals surface area contributed by atoms with Crippen LogP contribution < -0.4 is 5.36 Å². The molecule has 3 aromatic rings. The standard InChI is InChI=1S/C19H19NO2/c1-19(2,3)14-10-8-13(9-11-14)18-12-16(20-21)15-6-4-5-7-17(15)22-18/h4-12,21H,1-3H3/b20-16-. The van der Waals surface area contributed by atoms with Gasteiger partial charge in [0.05, 0.1) is 0 Å². The second-order valence-corrected chi connectivity index (χ2v) is 6.42. The molecule has 2 aromatic carbocycles. The normalized spacial score (nSPS) is 12.8. The van der Waals surface area contributed by atoms with Gasteiger partial charge in [-0.05, 0) is 23.1 Å². The minimum Gasteiger partial charge on any atom is -0.456 e. The smallest absolute Gasteiger partial charge is 0.136 e. The molecule has 0 radical (unpaired) electrons. The molecule has 3 rings (SSSR count). The zero-order chi connectivity index (χ0) is 15.7. The van der Waals surface area contributed by atoms with Gasteiger partial charge in [0.25, 0.3) is 0 Å². The van der Waals surface area contributed by atoms with E-state index < -0.39 is 0 Å². The van der Waals surface area contributed by atoms with E-state index in [1.54, 1.807) is 6.07 Å². The van der Waals surface area contributed by atoms with Crippen LogP contribution in [0.5, 0.6) is 0 Å². The molecular formula is C19H19NO2. The van der Waals surface area contributed by atoms with Crippen molar-refractivity contribution in [2.45, 2.75) is 26.2 Å². The number of hydrogen-bond acceptors (Lipinski definition) is 3. The predicted octanol–water partition coefficient (Wildman–Crippen LogP) is 4.69. The molecule has 0 saturated heterocycles. The van der Waals surface area contributed by atoms with Gasteiger partial charge in [-0.1, -0.05) is 62.3 Å². The van der Waals surface area contributed by atoms with Crippen LogP contribution in [-0.2, 0) is 5.41 Å². The Morgan fingerprint density at radius 2 is 1.64 bits per heavy atom. The third kappa shape index (κ3) is 2.62. The second-order valence-electron chi connectivity index (χ2n) is 6.42. The van der Waals surface area contributed by atoms with Crippen molar-refractivity contribution in [3.8, 4) is 11.3 Å². The predicted molar refractivity (Wildman–Crippen MR) is 87.7 cm³/mol. The topological polar surface area (TPSA) is 45.7 Å². The Bertz CT molecular complexity index is 868. The molecule has 3 heteroatoms. The van der Waals surface area contributed by atoms with E-state index in [0.717, 1.165) is 10.9 Å². The Morgan fingerprint density at radius 3 is 2.27 bits per heavy atom. The van der Waals surface area contributed by atoms with Gasteiger partial charge in [-0.3, -0.25) is 0 Å². The molecular weight excluding hydrogens is 274 g/mol. The molecule has 3 nitrogen and oxygen atoms in total. The minimum absolute atomic E-state index is 0.116. The number of fused-ring (bicyclic) bond motifs is 1. The molecule has 1 heterocycles. The van der Waals surface area contributed by atoms with Gasteiger partial charge >= 0.3 is 0 Å². The average molecular weight is 293 g/mol. The van der Waals surface area contributed by atoms with Crippen molar-refractivity contribution in [2.24, 2.45) is 5.16 Å². The van der Waals surface area contributed by atoms with E-state index in [1.165, 1.54) is 5.56 Å². The Hall–Kier alpha value is -2.55. The highest BCUT2D eigenvalue weighted by atomic mass is 16.4. The maximum Gasteiger partial charge on any atom is 0.136 e. The summed E-state index contributed by atoms with van der Waals surface area (Å²) >= 11 is 0. The van der Waals surface area contributed by atoms with Crippen molar-refractivity contribution in [3.63, 3.8) is 0 Å². The highest BCUT2D eigenvalue weighted by molar-refractivity contribution is 5.78. The Balaban J connectivity index is 2.14. The van der Waals surface area contributed by atoms with Crippen molar-refractivity contribution in [3.05, 3.63) is 65.5 Å². The molecule has 0 bridgehead atoms. The first-order valence-electron chi connectivity index (χ1n) is 7.31. The lowest BCUT2D eigenvalue weighted by atomic mass is 9.86. The number of benzene rings is 2. The summed E-state index contributed by atoms with van der Waals surface area (Å²) in [5.74, 6) is 0.687. The van der Waals surface area contributed by atoms with Crippen molar-refractivity contribution >= 4 is 11.0 Å². The van der Waals surface area contributed by atoms with Crippen LogP contribution in [0.25, 0.3) is 22.3 Å². The van der Waals surface area contributed by atoms with E-state index in [9.17, 15) is 5.21 Å². The average Bonchev–Trinajstić information content (AvgIpc) is 2.53. The summed E-state index contributed by atoms with van der Waals surface area (Å²) in [6.07, 6.45) is 0. The van der Waals surface area contributed by atoms with Crippen molar-refractivity contribution in [1.82, 2.24) is 0 Å². The summed E-state index contributed by atoms with van der Waals surface area (Å²) in [5.41, 5.74) is 3.05. The van der Waals surface area contributed by atoms with Gasteiger partial charge in [0, 0.05) is 17.0 Å². The molecule has 0 aliphatic carbocycles. The van der Waals surface area contributed by atoms with Crippen LogP contribution >= 0.6 is 0 Å². The fraction of sp³-hybridized carbons (Fsp3) is 0.211. The van der Waals surface area contributed by atoms with Gasteiger partial charge in [-0.2, -0.15) is 0 Å². The summed E-state index contributed by atoms with van der Waals surface area (Å²) in [5, 5.41) is 13.9. The summed E-state index contributed by atoms with van der Waals surface area (Å²) in [4.78, 5) is 0. The lowest BCUT2D eigenvalue weighted by Gasteiger charge is -2.19. The monoisotopic (exact) mass is 293 g/mol. The molecule has 0 unspecified atom stereocenters. The number of nitrogens with zero attached hydrogens (tertiary/aromatic N) is 1. The van der Waals surface area contributed by atoms with Gasteiger partial charge in [0.2, 0.25) is 0 Å². The lowest BCUT2D eigenvalue weighted by molar-refractivity contribution is 0.302. The van der Waals surface area contributed by atoms with Gasteiger partial charge < -0.3 is 9.62 Å². The highest BCUT2D eigenvalue weighted by Crippen LogP contribution is 2.27. The zero-order valence-corrected chi connectivity index (χ0v) is 13.0. The summed E-state index contributed by atoms with van der Waals surface area (Å²) in [6, 6.07) is 17.6. The molecule has 1 aromatic heterocycles. The van der Waals surface area contributed by atoms with Crippen LogP contribution in [0.1, 0.15) is 26.3 Å². The third-order valence-electron chi connectivity index (χ3n) is 3.79. The molecule has 0 amide bonds. The molecule has 0 aliphatic rings. The van der Waals surface area contributed by atoms with E-state index in [4.69, 9.17) is 4.42 Å². The fourth-order valence-corrected chi connectivity index (χ4v) is 2.48. The molecule has 112 valence electrons. The number of hydrogen-bond donors (Lipinski definition) is 1. The van der Waals surface area contributed by atoms with E-state index in [1.807, 2.05) is 36.4 Å². The molecule has 0 fully saturated rings. The molecule has 0 atom stereocenters. The van der Waals surface area contributed by atoms with E-state index in [2.05, 4.69) is 38.1 Å². The number of para-hydroxylation sites is 1. The largest absolute Gasteiger partial charge is 0.456 e. The van der Waals surface area contributed by atoms with Crippen LogP contribution in [0.3, 0.4) is 0 Å². The van der Waals surface area contributed by atoms with E-state index >= 15 is 0 Å². The Kier molecular flexibility index (Phi) is 3.49. The fourth-order valence-electron chi connectivity index (χ4n) is 2.48. The number of rotatable bonds is 1. The van der Waals surface area contributed by atoms with Gasteiger partial charge in [0.15, 0.2) is 0 Å². The second kappa shape index (κ2) is 5.34. The van der Waals surface area contributed by atoms with Crippen LogP contribution in [0.2, 0.25) is 0 Å². The van der Waals surface area contributed by atoms with Crippen molar-refractivity contribution in [1.29, 1.82) is 0 Å². The lowest BCUT2D eigenvalue weighted by Crippen LogP contribution is -2.10. The first-order valence-corrected chi connectivity index (χ1v) is 7.31. The Labute approximate surface area is 129 Å². The van der Waals surface area contributed by atoms with Crippen molar-refractivity contribution < 1.29 is 9.62 Å². The van der Waals surface area contributed by atoms with Crippen LogP contribution in [0.15, 0.2) is 64.2 Å². The molecule has 0 saturated carbocycles. The summed E-state index contributed by atoms with van der Waals surface area (Å²) in [7, 11) is 0. The molecule has 0 spiro atoms. The van der Waals surface area contributed by atoms with E-state index in [0.29, 0.717) is 16.7 Å². The van der Waals surface area contributed by atoms with Gasteiger partial charge in [-0.25, -0.2) is 0 Å². The maximum atomic E-state index is 9.24. The van der Waals surface area contributed by atoms with Gasteiger partial charge in [-0.15, -0.1) is 0 Å². The first-order chi connectivity index (χ1) is 10.5. The van der Waals surface area contributed by atoms with Crippen LogP contribution in [-0.4, -0.2) is 5.21 Å². The minimum atomic E-state index is 0.116. The molecule has 22 heavy (non-hydrogen) atoms. The van der Waals surface area contributed by atoms with Gasteiger partial charge in [0.1, 0.15) is 16.7 Å². The van der Waals surface area contributed by atoms with Crippen LogP contribution in [0.4, 0.5) is 0 Å². The maximum absolute atomic E-state index is 9.24. The highest BCUT2D eigenvalue weighted by Gasteiger charge is 2.13. The summed E-state index contributed by atoms with van der Waals surface area (Å²) < 4.78 is 5.94. The first kappa shape index (κ1) is 14.4. The molecule has 1 N–H and O–H groups in total. The zero-order valence-electron chi connectivity index (χ0n) is 13.0. The van der Waals surface area contributed by atoms with Crippen molar-refractivity contribution in [2.75, 3.05) is 0 Å². The SMILES string of the molecule is CC(C)(C)c1ccc(-c2c/c(=N/O)c3ccccc3o2)cc1. The Morgan fingerprint density at radius 1 is 0.955 bits per heavy atom. The van der Waals surface area contributed by atoms with E-state index in [-0.39, 0.29) is 5.41 Å². The van der Waals surface area contributed by atoms with Crippen LogP contribution in [0, 0.1) is 0 Å². The third-order valence-corrected chi connectivity index (χ3v) is 3.79. The molecule has 0 aliphatic heterocycles. The summed E-state index contributed by atoms with van der Waals surface area (Å²) in [6.45, 7) is 6.56.